The molecule has 1 aromatic heterocycles. The van der Waals surface area contributed by atoms with Crippen LogP contribution in [-0.4, -0.2) is 24.3 Å². The Balaban J connectivity index is 1.59. The normalized spacial score (nSPS) is 14.8. The van der Waals surface area contributed by atoms with E-state index in [2.05, 4.69) is 28.1 Å². The molecule has 5 rings (SSSR count). The Morgan fingerprint density at radius 3 is 2.48 bits per heavy atom. The monoisotopic (exact) mass is 646 g/mol. The third-order valence-electron chi connectivity index (χ3n) is 6.90. The summed E-state index contributed by atoms with van der Waals surface area (Å²) < 4.78 is 20.0. The van der Waals surface area contributed by atoms with Gasteiger partial charge in [0.1, 0.15) is 6.61 Å². The van der Waals surface area contributed by atoms with E-state index in [1.165, 1.54) is 24.0 Å². The van der Waals surface area contributed by atoms with E-state index in [4.69, 9.17) is 19.2 Å². The smallest absolute Gasteiger partial charge is 0.338 e. The molecule has 0 unspecified atom stereocenters. The van der Waals surface area contributed by atoms with Gasteiger partial charge in [-0.05, 0) is 71.1 Å². The predicted molar refractivity (Wildman–Crippen MR) is 168 cm³/mol. The average molecular weight is 648 g/mol. The summed E-state index contributed by atoms with van der Waals surface area (Å²) >= 11 is 4.94. The number of halogens is 1. The number of aryl methyl sites for hydroxylation is 1. The Labute approximate surface area is 256 Å². The first-order chi connectivity index (χ1) is 20.3. The first-order valence-electron chi connectivity index (χ1n) is 13.7. The first-order valence-corrected chi connectivity index (χ1v) is 15.3. The summed E-state index contributed by atoms with van der Waals surface area (Å²) in [6, 6.07) is 20.8. The molecule has 4 aromatic rings. The number of ether oxygens (including phenoxy) is 3. The van der Waals surface area contributed by atoms with Crippen molar-refractivity contribution in [2.75, 3.05) is 13.7 Å². The number of nitrogens with zero attached hydrogens (tertiary/aromatic N) is 2. The largest absolute Gasteiger partial charge is 0.490 e. The SMILES string of the molecule is CCOc1cc(/C=c2\sc3n(c2=O)[C@H](c2ccccc2)C(C(=O)OC)=C(CC)N=3)cc(Br)c1OCc1ccc(C)cc1. The standard InChI is InChI=1S/C33H31BrN2O5S/c1-5-25-28(32(38)39-4)29(23-10-8-7-9-11-23)36-31(37)27(42-33(36)35-25)18-22-16-24(34)30(26(17-22)40-6-2)41-19-21-14-12-20(3)13-15-21/h7-18,29H,5-6,19H2,1-4H3/b27-18-/t29-/m1/s1. The number of fused-ring (bicyclic) bond motifs is 1. The van der Waals surface area contributed by atoms with E-state index in [0.29, 0.717) is 56.2 Å². The fourth-order valence-electron chi connectivity index (χ4n) is 4.88. The zero-order valence-electron chi connectivity index (χ0n) is 23.8. The number of thiazole rings is 1. The van der Waals surface area contributed by atoms with Crippen LogP contribution in [0, 0.1) is 6.92 Å². The van der Waals surface area contributed by atoms with Gasteiger partial charge in [0.05, 0.1) is 40.0 Å². The summed E-state index contributed by atoms with van der Waals surface area (Å²) in [4.78, 5) is 32.2. The fraction of sp³-hybridized carbons (Fsp3) is 0.242. The van der Waals surface area contributed by atoms with Crippen molar-refractivity contribution in [3.8, 4) is 11.5 Å². The summed E-state index contributed by atoms with van der Waals surface area (Å²) in [6.07, 6.45) is 2.34. The molecule has 0 N–H and O–H groups in total. The number of carbonyl (C=O) groups is 1. The van der Waals surface area contributed by atoms with Gasteiger partial charge >= 0.3 is 5.97 Å². The van der Waals surface area contributed by atoms with Gasteiger partial charge in [-0.3, -0.25) is 9.36 Å². The third kappa shape index (κ3) is 5.98. The molecule has 7 nitrogen and oxygen atoms in total. The highest BCUT2D eigenvalue weighted by molar-refractivity contribution is 9.10. The molecule has 0 fully saturated rings. The van der Waals surface area contributed by atoms with Crippen molar-refractivity contribution in [3.63, 3.8) is 0 Å². The van der Waals surface area contributed by atoms with Crippen molar-refractivity contribution >= 4 is 39.3 Å². The van der Waals surface area contributed by atoms with E-state index < -0.39 is 12.0 Å². The molecule has 0 saturated carbocycles. The van der Waals surface area contributed by atoms with Crippen LogP contribution >= 0.6 is 27.3 Å². The fourth-order valence-corrected chi connectivity index (χ4v) is 6.47. The van der Waals surface area contributed by atoms with Gasteiger partial charge in [0.15, 0.2) is 16.3 Å². The molecule has 0 radical (unpaired) electrons. The highest BCUT2D eigenvalue weighted by atomic mass is 79.9. The van der Waals surface area contributed by atoms with Crippen LogP contribution in [0.5, 0.6) is 11.5 Å². The van der Waals surface area contributed by atoms with Crippen LogP contribution in [-0.2, 0) is 16.1 Å². The number of rotatable bonds is 9. The first kappa shape index (κ1) is 29.5. The van der Waals surface area contributed by atoms with Crippen molar-refractivity contribution < 1.29 is 19.0 Å². The quantitative estimate of drug-likeness (QED) is 0.213. The van der Waals surface area contributed by atoms with Gasteiger partial charge < -0.3 is 14.2 Å². The van der Waals surface area contributed by atoms with E-state index >= 15 is 0 Å². The molecule has 0 amide bonds. The minimum Gasteiger partial charge on any atom is -0.490 e. The zero-order chi connectivity index (χ0) is 29.8. The molecule has 2 heterocycles. The Kier molecular flexibility index (Phi) is 9.09. The summed E-state index contributed by atoms with van der Waals surface area (Å²) in [5, 5.41) is 0. The van der Waals surface area contributed by atoms with Crippen LogP contribution in [0.25, 0.3) is 6.08 Å². The number of carbonyl (C=O) groups excluding carboxylic acids is 1. The maximum Gasteiger partial charge on any atom is 0.338 e. The van der Waals surface area contributed by atoms with Crippen molar-refractivity contribution in [2.24, 2.45) is 4.99 Å². The molecule has 0 bridgehead atoms. The highest BCUT2D eigenvalue weighted by Gasteiger charge is 2.33. The van der Waals surface area contributed by atoms with Crippen molar-refractivity contribution in [3.05, 3.63) is 124 Å². The summed E-state index contributed by atoms with van der Waals surface area (Å²) in [6.45, 7) is 6.74. The number of hydrogen-bond acceptors (Lipinski definition) is 7. The maximum atomic E-state index is 13.9. The average Bonchev–Trinajstić information content (AvgIpc) is 3.30. The Bertz CT molecular complexity index is 1830. The second-order valence-electron chi connectivity index (χ2n) is 9.74. The minimum absolute atomic E-state index is 0.238. The van der Waals surface area contributed by atoms with Crippen LogP contribution in [0.2, 0.25) is 0 Å². The Morgan fingerprint density at radius 1 is 1.07 bits per heavy atom. The molecule has 0 spiro atoms. The lowest BCUT2D eigenvalue weighted by atomic mass is 9.95. The van der Waals surface area contributed by atoms with Crippen molar-refractivity contribution in [1.82, 2.24) is 4.57 Å². The molecule has 0 saturated heterocycles. The lowest BCUT2D eigenvalue weighted by Crippen LogP contribution is -2.40. The van der Waals surface area contributed by atoms with Crippen molar-refractivity contribution in [2.45, 2.75) is 39.8 Å². The summed E-state index contributed by atoms with van der Waals surface area (Å²) in [5.41, 5.74) is 4.55. The predicted octanol–water partition coefficient (Wildman–Crippen LogP) is 5.85. The molecule has 1 aliphatic heterocycles. The van der Waals surface area contributed by atoms with Crippen LogP contribution in [0.15, 0.2) is 92.3 Å². The number of benzene rings is 3. The topological polar surface area (TPSA) is 79.1 Å². The Hall–Kier alpha value is -3.95. The van der Waals surface area contributed by atoms with Gasteiger partial charge in [-0.25, -0.2) is 9.79 Å². The third-order valence-corrected chi connectivity index (χ3v) is 8.47. The molecule has 1 aliphatic rings. The summed E-state index contributed by atoms with van der Waals surface area (Å²) in [7, 11) is 1.35. The molecule has 9 heteroatoms. The van der Waals surface area contributed by atoms with Crippen LogP contribution in [0.1, 0.15) is 48.6 Å². The van der Waals surface area contributed by atoms with Gasteiger partial charge in [-0.1, -0.05) is 78.4 Å². The molecule has 1 atom stereocenters. The Morgan fingerprint density at radius 2 is 1.81 bits per heavy atom. The molecular formula is C33H31BrN2O5S. The lowest BCUT2D eigenvalue weighted by molar-refractivity contribution is -0.136. The number of methoxy groups -OCH3 is 1. The van der Waals surface area contributed by atoms with Gasteiger partial charge in [0.25, 0.3) is 5.56 Å². The molecule has 0 aliphatic carbocycles. The van der Waals surface area contributed by atoms with Gasteiger partial charge in [0, 0.05) is 0 Å². The van der Waals surface area contributed by atoms with Gasteiger partial charge in [0.2, 0.25) is 0 Å². The molecule has 216 valence electrons. The molecular weight excluding hydrogens is 616 g/mol. The van der Waals surface area contributed by atoms with Crippen LogP contribution < -0.4 is 24.4 Å². The van der Waals surface area contributed by atoms with Gasteiger partial charge in [-0.15, -0.1) is 0 Å². The van der Waals surface area contributed by atoms with E-state index in [1.54, 1.807) is 4.57 Å². The highest BCUT2D eigenvalue weighted by Crippen LogP contribution is 2.38. The van der Waals surface area contributed by atoms with Crippen LogP contribution in [0.3, 0.4) is 0 Å². The number of allylic oxidation sites excluding steroid dienone is 1. The molecule has 3 aromatic carbocycles. The molecule has 42 heavy (non-hydrogen) atoms. The van der Waals surface area contributed by atoms with E-state index in [0.717, 1.165) is 16.7 Å². The second-order valence-corrected chi connectivity index (χ2v) is 11.6. The number of hydrogen-bond donors (Lipinski definition) is 0. The number of esters is 1. The minimum atomic E-state index is -0.643. The van der Waals surface area contributed by atoms with E-state index in [1.807, 2.05) is 81.4 Å². The van der Waals surface area contributed by atoms with E-state index in [9.17, 15) is 9.59 Å². The maximum absolute atomic E-state index is 13.9. The number of aromatic nitrogens is 1. The van der Waals surface area contributed by atoms with E-state index in [-0.39, 0.29) is 5.56 Å². The summed E-state index contributed by atoms with van der Waals surface area (Å²) in [5.74, 6) is 0.669. The lowest BCUT2D eigenvalue weighted by Gasteiger charge is -2.25. The van der Waals surface area contributed by atoms with Crippen molar-refractivity contribution in [1.29, 1.82) is 0 Å². The zero-order valence-corrected chi connectivity index (χ0v) is 26.3. The van der Waals surface area contributed by atoms with Crippen LogP contribution in [0.4, 0.5) is 0 Å². The van der Waals surface area contributed by atoms with Gasteiger partial charge in [-0.2, -0.15) is 0 Å². The second kappa shape index (κ2) is 12.9.